The Morgan fingerprint density at radius 3 is 0.630 bits per heavy atom. The van der Waals surface area contributed by atoms with Crippen LogP contribution in [0.4, 0.5) is 0 Å². The zero-order valence-corrected chi connectivity index (χ0v) is 42.7. The molecule has 11 aromatic rings. The number of hydrogen-bond donors (Lipinski definition) is 0. The molecule has 0 aliphatic carbocycles. The van der Waals surface area contributed by atoms with E-state index in [1.807, 2.05) is 0 Å². The molecule has 0 amide bonds. The van der Waals surface area contributed by atoms with Gasteiger partial charge in [0, 0.05) is 16.2 Å². The lowest BCUT2D eigenvalue weighted by molar-refractivity contribution is 0.676. The fourth-order valence-corrected chi connectivity index (χ4v) is 11.8. The van der Waals surface area contributed by atoms with Crippen molar-refractivity contribution in [2.24, 2.45) is 0 Å². The van der Waals surface area contributed by atoms with E-state index in [-0.39, 0.29) is 273 Å². The molecule has 1 heterocycles. The molecule has 0 atom stereocenters. The van der Waals surface area contributed by atoms with Gasteiger partial charge in [0.2, 0.25) is 0 Å². The summed E-state index contributed by atoms with van der Waals surface area (Å²) in [6.07, 6.45) is 0. The molecule has 0 spiro atoms. The van der Waals surface area contributed by atoms with Crippen LogP contribution in [0.15, 0.2) is 4.42 Å². The van der Waals surface area contributed by atoms with E-state index in [1.165, 1.54) is 0 Å². The average Bonchev–Trinajstić information content (AvgIpc) is 3.46. The van der Waals surface area contributed by atoms with Crippen molar-refractivity contribution in [1.82, 2.24) is 0 Å². The average molecular weight is 941 g/mol. The first-order valence-corrected chi connectivity index (χ1v) is 23.8. The van der Waals surface area contributed by atoms with Gasteiger partial charge in [-0.1, -0.05) is 104 Å². The van der Waals surface area contributed by atoms with E-state index in [4.69, 9.17) is 240 Å². The molecule has 0 bridgehead atoms. The van der Waals surface area contributed by atoms with E-state index in [2.05, 4.69) is 0 Å². The zero-order valence-electron chi connectivity index (χ0n) is 42.7. The van der Waals surface area contributed by atoms with Gasteiger partial charge in [0.15, 0.2) is 0 Å². The molecule has 0 aliphatic rings. The highest BCUT2D eigenvalue weighted by atomic mass is 16.3. The molecule has 60 radical (unpaired) electrons. The molecular weight excluding hydrogens is 941 g/mol. The first kappa shape index (κ1) is 58.0. The van der Waals surface area contributed by atoms with Gasteiger partial charge in [-0.05, 0) is 81.9 Å². The number of fused-ring (bicyclic) bond motifs is 9. The predicted molar refractivity (Wildman–Crippen MR) is 379 cm³/mol. The van der Waals surface area contributed by atoms with Crippen LogP contribution < -0.4 is 164 Å². The maximum atomic E-state index is 7.46. The fraction of sp³-hybridized carbons (Fsp3) is 0. The van der Waals surface area contributed by atoms with E-state index in [0.29, 0.717) is 0 Å². The third kappa shape index (κ3) is 7.30. The Morgan fingerprint density at radius 2 is 0.284 bits per heavy atom. The van der Waals surface area contributed by atoms with Crippen molar-refractivity contribution < 1.29 is 4.42 Å². The summed E-state index contributed by atoms with van der Waals surface area (Å²) >= 11 is 0. The Morgan fingerprint density at radius 1 is 0.111 bits per heavy atom. The van der Waals surface area contributed by atoms with Crippen LogP contribution in [0.2, 0.25) is 0 Å². The summed E-state index contributed by atoms with van der Waals surface area (Å²) in [5, 5.41) is 0.0877. The Kier molecular flexibility index (Phi) is 13.9. The molecule has 0 saturated heterocycles. The minimum absolute atomic E-state index is 0.000471. The molecular formula is C50B30O. The molecule has 296 valence electrons. The van der Waals surface area contributed by atoms with Gasteiger partial charge in [0.05, 0.1) is 0 Å². The zero-order chi connectivity index (χ0) is 59.6. The number of rotatable bonds is 3. The monoisotopic (exact) mass is 946 g/mol. The van der Waals surface area contributed by atoms with Crippen LogP contribution >= 0.6 is 0 Å². The van der Waals surface area contributed by atoms with Crippen LogP contribution in [0, 0.1) is 0 Å². The SMILES string of the molecule is [B]c1c(-c2c3c([B])c([B])c([B])c([B])c3c(-c3c([B])c([B])c(-c4c([B])c([B])c([B])c5c([B])c([B])c([B])c([B])c45)c4c([B])c([B])c([B])c([B])c34)c3c([B])c([B])c([B])c([B])c23)c([B])c2c(oc3c4c([B])c([B])c([B])c([B])c4c([B])c([B])c32)c1[B]. The van der Waals surface area contributed by atoms with Gasteiger partial charge in [-0.2, -0.15) is 0 Å². The molecule has 0 N–H and O–H groups in total. The van der Waals surface area contributed by atoms with Crippen LogP contribution in [-0.4, -0.2) is 235 Å². The van der Waals surface area contributed by atoms with Gasteiger partial charge in [0.25, 0.3) is 0 Å². The first-order chi connectivity index (χ1) is 37.8. The summed E-state index contributed by atoms with van der Waals surface area (Å²) in [7, 11) is 206. The van der Waals surface area contributed by atoms with Crippen LogP contribution in [-0.2, 0) is 0 Å². The number of benzene rings is 10. The van der Waals surface area contributed by atoms with E-state index >= 15 is 0 Å². The van der Waals surface area contributed by atoms with Crippen LogP contribution in [0.5, 0.6) is 0 Å². The molecule has 1 aromatic heterocycles. The topological polar surface area (TPSA) is 13.1 Å². The Balaban J connectivity index is 1.44. The molecule has 1 nitrogen and oxygen atoms in total. The maximum Gasteiger partial charge on any atom is 0.141 e. The molecule has 31 heteroatoms. The maximum absolute atomic E-state index is 7.46. The van der Waals surface area contributed by atoms with Crippen molar-refractivity contribution in [2.45, 2.75) is 0 Å². The predicted octanol–water partition coefficient (Wildman–Crippen LogP) is -21.8. The van der Waals surface area contributed by atoms with Crippen molar-refractivity contribution in [3.63, 3.8) is 0 Å². The Bertz CT molecular complexity index is 4840. The highest BCUT2D eigenvalue weighted by molar-refractivity contribution is 6.78. The summed E-state index contributed by atoms with van der Waals surface area (Å²) in [5.74, 6) is 0. The first-order valence-electron chi connectivity index (χ1n) is 23.8. The Labute approximate surface area is 509 Å². The minimum atomic E-state index is -0.306. The summed E-state index contributed by atoms with van der Waals surface area (Å²) < 4.78 is 6.51. The van der Waals surface area contributed by atoms with E-state index in [9.17, 15) is 0 Å². The van der Waals surface area contributed by atoms with Gasteiger partial charge in [-0.25, -0.2) is 0 Å². The molecule has 0 aliphatic heterocycles. The third-order valence-electron chi connectivity index (χ3n) is 16.1. The lowest BCUT2D eigenvalue weighted by Gasteiger charge is -2.33. The van der Waals surface area contributed by atoms with Crippen LogP contribution in [0.3, 0.4) is 0 Å². The van der Waals surface area contributed by atoms with E-state index in [0.717, 1.165) is 0 Å². The number of hydrogen-bond acceptors (Lipinski definition) is 1. The summed E-state index contributed by atoms with van der Waals surface area (Å²) in [6, 6.07) is 0. The standard InChI is InChI=1S/C50B30O/c51-19-13(34(66)48(80)50-17(19)18-35(67)30(62)15-16(49(18)81-50)36(68)47(79)46(78)33(15)65)2-6-3(22(54)38(70)40(72)24(6)56)1(4-7(2)25(57)41(73)39(71)23(4)55)5-8-10(28(60)43(75)42(74)27(8)59)9(21(53)20(5)52)11-12-14(31(63)37(69)26(11)58)32(64)45(77)44(76)29(12)61. The van der Waals surface area contributed by atoms with Crippen molar-refractivity contribution in [3.05, 3.63) is 0 Å². The van der Waals surface area contributed by atoms with Crippen molar-refractivity contribution in [2.75, 3.05) is 0 Å². The normalized spacial score (nSPS) is 12.0. The van der Waals surface area contributed by atoms with Crippen molar-refractivity contribution >= 4 is 475 Å². The van der Waals surface area contributed by atoms with E-state index < -0.39 is 0 Å². The molecule has 0 saturated carbocycles. The van der Waals surface area contributed by atoms with Crippen molar-refractivity contribution in [3.8, 4) is 33.4 Å². The highest BCUT2D eigenvalue weighted by Crippen LogP contribution is 2.43. The molecule has 10 aromatic carbocycles. The van der Waals surface area contributed by atoms with Gasteiger partial charge in [0.1, 0.15) is 247 Å². The number of furan rings is 1. The van der Waals surface area contributed by atoms with Gasteiger partial charge < -0.3 is 4.42 Å². The van der Waals surface area contributed by atoms with Gasteiger partial charge in [-0.15, -0.1) is 60.1 Å². The second-order valence-electron chi connectivity index (χ2n) is 19.9. The van der Waals surface area contributed by atoms with Gasteiger partial charge >= 0.3 is 0 Å². The summed E-state index contributed by atoms with van der Waals surface area (Å²) in [6.45, 7) is 0. The quantitative estimate of drug-likeness (QED) is 0.127. The van der Waals surface area contributed by atoms with Crippen LogP contribution in [0.1, 0.15) is 0 Å². The van der Waals surface area contributed by atoms with Gasteiger partial charge in [-0.3, -0.25) is 0 Å². The fourth-order valence-electron chi connectivity index (χ4n) is 11.8. The summed E-state index contributed by atoms with van der Waals surface area (Å²) in [5.41, 5.74) is -5.90. The lowest BCUT2D eigenvalue weighted by atomic mass is 9.55. The Hall–Kier alpha value is -4.75. The molecule has 81 heavy (non-hydrogen) atoms. The largest absolute Gasteiger partial charge is 0.456 e. The molecule has 0 unspecified atom stereocenters. The third-order valence-corrected chi connectivity index (χ3v) is 16.1. The highest BCUT2D eigenvalue weighted by Gasteiger charge is 2.33. The molecule has 11 rings (SSSR count). The second kappa shape index (κ2) is 19.4. The molecule has 0 fully saturated rings. The second-order valence-corrected chi connectivity index (χ2v) is 19.9. The van der Waals surface area contributed by atoms with Crippen LogP contribution in [0.25, 0.3) is 109 Å². The lowest BCUT2D eigenvalue weighted by Crippen LogP contribution is -2.53. The smallest absolute Gasteiger partial charge is 0.141 e. The van der Waals surface area contributed by atoms with Crippen molar-refractivity contribution in [1.29, 1.82) is 0 Å². The van der Waals surface area contributed by atoms with E-state index in [1.54, 1.807) is 0 Å². The minimum Gasteiger partial charge on any atom is -0.456 e. The summed E-state index contributed by atoms with van der Waals surface area (Å²) in [4.78, 5) is 0.